The number of thiophene rings is 1. The number of hydrogen-bond donors (Lipinski definition) is 0. The fourth-order valence-electron chi connectivity index (χ4n) is 1.14. The van der Waals surface area contributed by atoms with Gasteiger partial charge in [0, 0.05) is 6.42 Å². The predicted molar refractivity (Wildman–Crippen MR) is 41.5 cm³/mol. The molecule has 1 aromatic heterocycles. The van der Waals surface area contributed by atoms with Crippen molar-refractivity contribution >= 4 is 17.1 Å². The quantitative estimate of drug-likeness (QED) is 0.517. The van der Waals surface area contributed by atoms with Crippen LogP contribution in [-0.4, -0.2) is 5.78 Å². The normalized spacial score (nSPS) is 16.0. The summed E-state index contributed by atoms with van der Waals surface area (Å²) < 4.78 is 0. The van der Waals surface area contributed by atoms with Gasteiger partial charge in [0.25, 0.3) is 0 Å². The minimum absolute atomic E-state index is 0.144. The van der Waals surface area contributed by atoms with E-state index in [1.807, 2.05) is 11.4 Å². The maximum atomic E-state index is 11.2. The van der Waals surface area contributed by atoms with Crippen LogP contribution in [0.15, 0.2) is 23.6 Å². The summed E-state index contributed by atoms with van der Waals surface area (Å²) in [5.41, 5.74) is 1.89. The van der Waals surface area contributed by atoms with Crippen LogP contribution in [0.1, 0.15) is 15.2 Å². The topological polar surface area (TPSA) is 17.1 Å². The van der Waals surface area contributed by atoms with Gasteiger partial charge < -0.3 is 0 Å². The van der Waals surface area contributed by atoms with Gasteiger partial charge in [-0.05, 0) is 22.6 Å². The van der Waals surface area contributed by atoms with Gasteiger partial charge in [-0.25, -0.2) is 0 Å². The van der Waals surface area contributed by atoms with Gasteiger partial charge in [0.2, 0.25) is 0 Å². The van der Waals surface area contributed by atoms with E-state index in [1.54, 1.807) is 0 Å². The average Bonchev–Trinajstić information content (AvgIpc) is 2.41. The van der Waals surface area contributed by atoms with E-state index in [1.165, 1.54) is 11.3 Å². The second-order valence-electron chi connectivity index (χ2n) is 2.38. The number of rotatable bonds is 0. The molecule has 0 radical (unpaired) electrons. The van der Waals surface area contributed by atoms with Crippen molar-refractivity contribution in [2.45, 2.75) is 6.42 Å². The minimum Gasteiger partial charge on any atom is -0.288 e. The number of allylic oxidation sites excluding steroid dienone is 1. The number of Topliss-reactive ketones (excluding diaryl/α,β-unsaturated/α-hetero) is 1. The van der Waals surface area contributed by atoms with Crippen LogP contribution in [0.5, 0.6) is 0 Å². The maximum Gasteiger partial charge on any atom is 0.198 e. The highest BCUT2D eigenvalue weighted by Crippen LogP contribution is 2.29. The summed E-state index contributed by atoms with van der Waals surface area (Å²) in [6.45, 7) is 3.68. The van der Waals surface area contributed by atoms with Crippen LogP contribution in [0.4, 0.5) is 0 Å². The average molecular weight is 150 g/mol. The molecule has 0 aliphatic heterocycles. The third kappa shape index (κ3) is 0.596. The summed E-state index contributed by atoms with van der Waals surface area (Å²) in [4.78, 5) is 12.1. The van der Waals surface area contributed by atoms with E-state index < -0.39 is 0 Å². The van der Waals surface area contributed by atoms with Crippen molar-refractivity contribution in [3.05, 3.63) is 34.0 Å². The van der Waals surface area contributed by atoms with Crippen LogP contribution in [0.25, 0.3) is 0 Å². The predicted octanol–water partition coefficient (Wildman–Crippen LogP) is 2.04. The molecule has 1 aliphatic rings. The van der Waals surface area contributed by atoms with Crippen LogP contribution in [0.3, 0.4) is 0 Å². The van der Waals surface area contributed by atoms with Gasteiger partial charge in [0.15, 0.2) is 5.78 Å². The van der Waals surface area contributed by atoms with Gasteiger partial charge in [0.1, 0.15) is 0 Å². The molecule has 1 heterocycles. The molecular weight excluding hydrogens is 144 g/mol. The summed E-state index contributed by atoms with van der Waals surface area (Å²) in [5.74, 6) is 0.144. The molecule has 0 saturated carbocycles. The Labute approximate surface area is 63.0 Å². The van der Waals surface area contributed by atoms with Gasteiger partial charge in [-0.1, -0.05) is 6.58 Å². The Morgan fingerprint density at radius 1 is 1.60 bits per heavy atom. The lowest BCUT2D eigenvalue weighted by atomic mass is 10.2. The number of ketones is 1. The molecule has 0 fully saturated rings. The van der Waals surface area contributed by atoms with E-state index in [9.17, 15) is 4.79 Å². The molecule has 1 nitrogen and oxygen atoms in total. The van der Waals surface area contributed by atoms with Crippen LogP contribution < -0.4 is 0 Å². The van der Waals surface area contributed by atoms with E-state index in [4.69, 9.17) is 0 Å². The molecule has 0 bridgehead atoms. The Morgan fingerprint density at radius 2 is 2.40 bits per heavy atom. The number of carbonyl (C=O) groups excluding carboxylic acids is 1. The Morgan fingerprint density at radius 3 is 3.10 bits per heavy atom. The molecule has 0 N–H and O–H groups in total. The lowest BCUT2D eigenvalue weighted by molar-refractivity contribution is 0.104. The molecule has 0 amide bonds. The lowest BCUT2D eigenvalue weighted by Gasteiger charge is -1.84. The zero-order valence-corrected chi connectivity index (χ0v) is 6.20. The van der Waals surface area contributed by atoms with E-state index in [0.29, 0.717) is 0 Å². The van der Waals surface area contributed by atoms with E-state index >= 15 is 0 Å². The molecule has 0 unspecified atom stereocenters. The largest absolute Gasteiger partial charge is 0.288 e. The van der Waals surface area contributed by atoms with Crippen LogP contribution in [-0.2, 0) is 6.42 Å². The van der Waals surface area contributed by atoms with Crippen molar-refractivity contribution in [1.82, 2.24) is 0 Å². The first-order valence-electron chi connectivity index (χ1n) is 3.08. The molecule has 0 atom stereocenters. The van der Waals surface area contributed by atoms with Crippen molar-refractivity contribution in [3.8, 4) is 0 Å². The molecule has 2 rings (SSSR count). The Hall–Kier alpha value is -0.890. The minimum atomic E-state index is 0.144. The summed E-state index contributed by atoms with van der Waals surface area (Å²) >= 11 is 1.51. The molecule has 1 aliphatic carbocycles. The van der Waals surface area contributed by atoms with Crippen molar-refractivity contribution in [2.75, 3.05) is 0 Å². The molecular formula is C8H6OS. The maximum absolute atomic E-state index is 11.2. The third-order valence-corrected chi connectivity index (χ3v) is 2.63. The van der Waals surface area contributed by atoms with Crippen LogP contribution >= 0.6 is 11.3 Å². The van der Waals surface area contributed by atoms with E-state index in [0.717, 1.165) is 22.4 Å². The summed E-state index contributed by atoms with van der Waals surface area (Å²) in [6, 6.07) is 2.00. The molecule has 1 aromatic rings. The zero-order valence-electron chi connectivity index (χ0n) is 5.39. The molecule has 0 spiro atoms. The molecule has 50 valence electrons. The number of carbonyl (C=O) groups is 1. The van der Waals surface area contributed by atoms with Crippen LogP contribution in [0, 0.1) is 0 Å². The number of hydrogen-bond acceptors (Lipinski definition) is 2. The molecule has 0 aromatic carbocycles. The van der Waals surface area contributed by atoms with Crippen molar-refractivity contribution in [2.24, 2.45) is 0 Å². The van der Waals surface area contributed by atoms with Gasteiger partial charge in [-0.3, -0.25) is 4.79 Å². The second kappa shape index (κ2) is 1.80. The highest BCUT2D eigenvalue weighted by molar-refractivity contribution is 7.12. The summed E-state index contributed by atoms with van der Waals surface area (Å²) in [6.07, 6.45) is 0.762. The third-order valence-electron chi connectivity index (χ3n) is 1.68. The van der Waals surface area contributed by atoms with Crippen LogP contribution in [0.2, 0.25) is 0 Å². The fraction of sp³-hybridized carbons (Fsp3) is 0.125. The standard InChI is InChI=1S/C8H6OS/c1-5-4-6-2-3-10-8(6)7(5)9/h2-3H,1,4H2. The lowest BCUT2D eigenvalue weighted by Crippen LogP contribution is -1.90. The SMILES string of the molecule is C=C1Cc2ccsc2C1=O. The summed E-state index contributed by atoms with van der Waals surface area (Å²) in [7, 11) is 0. The second-order valence-corrected chi connectivity index (χ2v) is 3.30. The first-order valence-corrected chi connectivity index (χ1v) is 3.96. The highest BCUT2D eigenvalue weighted by Gasteiger charge is 2.23. The van der Waals surface area contributed by atoms with Crippen molar-refractivity contribution < 1.29 is 4.79 Å². The Balaban J connectivity index is 2.63. The Kier molecular flexibility index (Phi) is 1.05. The first-order chi connectivity index (χ1) is 4.79. The van der Waals surface area contributed by atoms with Gasteiger partial charge in [0.05, 0.1) is 4.88 Å². The smallest absolute Gasteiger partial charge is 0.198 e. The van der Waals surface area contributed by atoms with Crippen molar-refractivity contribution in [3.63, 3.8) is 0 Å². The molecule has 2 heteroatoms. The van der Waals surface area contributed by atoms with E-state index in [-0.39, 0.29) is 5.78 Å². The fourth-order valence-corrected chi connectivity index (χ4v) is 2.06. The molecule has 10 heavy (non-hydrogen) atoms. The van der Waals surface area contributed by atoms with Crippen molar-refractivity contribution in [1.29, 1.82) is 0 Å². The summed E-state index contributed by atoms with van der Waals surface area (Å²) in [5, 5.41) is 1.95. The van der Waals surface area contributed by atoms with E-state index in [2.05, 4.69) is 6.58 Å². The monoisotopic (exact) mass is 150 g/mol. The highest BCUT2D eigenvalue weighted by atomic mass is 32.1. The zero-order chi connectivity index (χ0) is 7.14. The van der Waals surface area contributed by atoms with Gasteiger partial charge in [-0.2, -0.15) is 0 Å². The Bertz CT molecular complexity index is 309. The van der Waals surface area contributed by atoms with Gasteiger partial charge in [-0.15, -0.1) is 11.3 Å². The first kappa shape index (κ1) is 5.86. The number of fused-ring (bicyclic) bond motifs is 1. The van der Waals surface area contributed by atoms with Gasteiger partial charge >= 0.3 is 0 Å². The molecule has 0 saturated heterocycles.